The van der Waals surface area contributed by atoms with Gasteiger partial charge in [0.1, 0.15) is 0 Å². The Morgan fingerprint density at radius 3 is 2.12 bits per heavy atom. The van der Waals surface area contributed by atoms with Crippen LogP contribution in [-0.4, -0.2) is 25.8 Å². The fraction of sp³-hybridized carbons (Fsp3) is 0.368. The highest BCUT2D eigenvalue weighted by molar-refractivity contribution is 7.92. The van der Waals surface area contributed by atoms with Crippen LogP contribution in [0.4, 0.5) is 0 Å². The van der Waals surface area contributed by atoms with Gasteiger partial charge >= 0.3 is 0 Å². The average molecular weight is 344 g/mol. The maximum Gasteiger partial charge on any atom is 0.183 e. The fourth-order valence-corrected chi connectivity index (χ4v) is 5.77. The quantitative estimate of drug-likeness (QED) is 0.870. The van der Waals surface area contributed by atoms with E-state index in [4.69, 9.17) is 11.5 Å². The third kappa shape index (κ3) is 2.66. The number of rotatable bonds is 5. The van der Waals surface area contributed by atoms with Crippen LogP contribution >= 0.6 is 0 Å². The molecule has 5 heteroatoms. The van der Waals surface area contributed by atoms with Gasteiger partial charge < -0.3 is 11.5 Å². The molecule has 128 valence electrons. The molecule has 0 radical (unpaired) electrons. The molecule has 0 bridgehead atoms. The Morgan fingerprint density at radius 1 is 1.04 bits per heavy atom. The lowest BCUT2D eigenvalue weighted by molar-refractivity contribution is 0.586. The van der Waals surface area contributed by atoms with E-state index < -0.39 is 20.6 Å². The Hall–Kier alpha value is -1.69. The van der Waals surface area contributed by atoms with Gasteiger partial charge in [0.05, 0.1) is 15.7 Å². The summed E-state index contributed by atoms with van der Waals surface area (Å²) < 4.78 is 26.1. The normalized spacial score (nSPS) is 26.3. The lowest BCUT2D eigenvalue weighted by Gasteiger charge is -2.09. The van der Waals surface area contributed by atoms with Crippen LogP contribution in [0.5, 0.6) is 0 Å². The van der Waals surface area contributed by atoms with Crippen LogP contribution in [0.25, 0.3) is 0 Å². The van der Waals surface area contributed by atoms with Gasteiger partial charge in [-0.3, -0.25) is 0 Å². The van der Waals surface area contributed by atoms with Crippen LogP contribution in [0.1, 0.15) is 29.5 Å². The Kier molecular flexibility index (Phi) is 4.28. The van der Waals surface area contributed by atoms with Crippen LogP contribution in [0.2, 0.25) is 0 Å². The predicted octanol–water partition coefficient (Wildman–Crippen LogP) is 2.15. The molecule has 0 aliphatic heterocycles. The molecule has 0 aromatic heterocycles. The molecule has 2 aromatic carbocycles. The summed E-state index contributed by atoms with van der Waals surface area (Å²) in [6, 6.07) is 14.9. The Morgan fingerprint density at radius 2 is 1.62 bits per heavy atom. The largest absolute Gasteiger partial charge is 0.329 e. The number of aryl methyl sites for hydroxylation is 2. The van der Waals surface area contributed by atoms with Crippen molar-refractivity contribution in [3.05, 3.63) is 65.2 Å². The van der Waals surface area contributed by atoms with E-state index in [0.717, 1.165) is 17.5 Å². The van der Waals surface area contributed by atoms with Gasteiger partial charge in [0.15, 0.2) is 9.84 Å². The molecular weight excluding hydrogens is 320 g/mol. The van der Waals surface area contributed by atoms with Crippen molar-refractivity contribution in [2.45, 2.75) is 41.9 Å². The zero-order valence-electron chi connectivity index (χ0n) is 14.1. The molecule has 4 nitrogen and oxygen atoms in total. The smallest absolute Gasteiger partial charge is 0.183 e. The molecule has 0 unspecified atom stereocenters. The highest BCUT2D eigenvalue weighted by atomic mass is 32.2. The Bertz CT molecular complexity index is 829. The van der Waals surface area contributed by atoms with Gasteiger partial charge in [-0.2, -0.15) is 0 Å². The van der Waals surface area contributed by atoms with Crippen molar-refractivity contribution in [2.75, 3.05) is 6.54 Å². The highest BCUT2D eigenvalue weighted by Gasteiger charge is 2.68. The molecule has 1 aliphatic carbocycles. The summed E-state index contributed by atoms with van der Waals surface area (Å²) in [5.41, 5.74) is 14.5. The third-order valence-corrected chi connectivity index (χ3v) is 7.40. The van der Waals surface area contributed by atoms with Crippen molar-refractivity contribution < 1.29 is 8.42 Å². The number of hydrogen-bond donors (Lipinski definition) is 2. The van der Waals surface area contributed by atoms with Gasteiger partial charge in [0.2, 0.25) is 0 Å². The van der Waals surface area contributed by atoms with Gasteiger partial charge in [0.25, 0.3) is 0 Å². The van der Waals surface area contributed by atoms with Gasteiger partial charge in [-0.1, -0.05) is 48.9 Å². The molecule has 3 rings (SSSR count). The average Bonchev–Trinajstić information content (AvgIpc) is 3.23. The maximum atomic E-state index is 13.1. The van der Waals surface area contributed by atoms with Gasteiger partial charge in [0, 0.05) is 12.5 Å². The summed E-state index contributed by atoms with van der Waals surface area (Å²) in [5.74, 6) is -0.264. The minimum Gasteiger partial charge on any atom is -0.329 e. The third-order valence-electron chi connectivity index (χ3n) is 5.09. The predicted molar refractivity (Wildman–Crippen MR) is 96.7 cm³/mol. The molecule has 1 fully saturated rings. The summed E-state index contributed by atoms with van der Waals surface area (Å²) in [5, 5.41) is -0.676. The minimum atomic E-state index is -3.52. The van der Waals surface area contributed by atoms with E-state index in [0.29, 0.717) is 4.90 Å². The highest BCUT2D eigenvalue weighted by Crippen LogP contribution is 2.55. The van der Waals surface area contributed by atoms with E-state index in [1.807, 2.05) is 31.2 Å². The molecule has 3 atom stereocenters. The molecule has 0 spiro atoms. The zero-order chi connectivity index (χ0) is 17.5. The van der Waals surface area contributed by atoms with Crippen molar-refractivity contribution in [1.29, 1.82) is 0 Å². The summed E-state index contributed by atoms with van der Waals surface area (Å²) in [4.78, 5) is 0.314. The monoisotopic (exact) mass is 344 g/mol. The van der Waals surface area contributed by atoms with Gasteiger partial charge in [-0.05, 0) is 36.6 Å². The maximum absolute atomic E-state index is 13.1. The van der Waals surface area contributed by atoms with E-state index in [1.54, 1.807) is 24.3 Å². The molecule has 0 saturated heterocycles. The van der Waals surface area contributed by atoms with Crippen molar-refractivity contribution in [3.63, 3.8) is 0 Å². The zero-order valence-corrected chi connectivity index (χ0v) is 14.9. The van der Waals surface area contributed by atoms with E-state index >= 15 is 0 Å². The van der Waals surface area contributed by atoms with Gasteiger partial charge in [-0.15, -0.1) is 0 Å². The van der Waals surface area contributed by atoms with Gasteiger partial charge in [-0.25, -0.2) is 8.42 Å². The molecule has 24 heavy (non-hydrogen) atoms. The van der Waals surface area contributed by atoms with Crippen LogP contribution in [0.3, 0.4) is 0 Å². The molecule has 2 aromatic rings. The second-order valence-corrected chi connectivity index (χ2v) is 8.74. The minimum absolute atomic E-state index is 0.142. The summed E-state index contributed by atoms with van der Waals surface area (Å²) in [6.45, 7) is 4.16. The van der Waals surface area contributed by atoms with Crippen LogP contribution in [-0.2, 0) is 16.3 Å². The Balaban J connectivity index is 1.98. The number of nitrogens with two attached hydrogens (primary N) is 2. The van der Waals surface area contributed by atoms with Crippen LogP contribution in [0.15, 0.2) is 53.4 Å². The Labute approximate surface area is 143 Å². The molecule has 1 aliphatic rings. The summed E-state index contributed by atoms with van der Waals surface area (Å²) in [7, 11) is -3.52. The van der Waals surface area contributed by atoms with Crippen LogP contribution in [0, 0.1) is 6.92 Å². The summed E-state index contributed by atoms with van der Waals surface area (Å²) >= 11 is 0. The lowest BCUT2D eigenvalue weighted by atomic mass is 10.0. The topological polar surface area (TPSA) is 86.2 Å². The second-order valence-electron chi connectivity index (χ2n) is 6.67. The fourth-order valence-electron chi connectivity index (χ4n) is 3.45. The number of hydrogen-bond acceptors (Lipinski definition) is 4. The first-order chi connectivity index (χ1) is 11.3. The van der Waals surface area contributed by atoms with E-state index in [1.165, 1.54) is 5.56 Å². The molecular formula is C19H24N2O2S. The first kappa shape index (κ1) is 17.1. The van der Waals surface area contributed by atoms with Crippen molar-refractivity contribution >= 4 is 9.84 Å². The van der Waals surface area contributed by atoms with E-state index in [-0.39, 0.29) is 12.5 Å². The first-order valence-electron chi connectivity index (χ1n) is 8.23. The molecule has 4 N–H and O–H groups in total. The van der Waals surface area contributed by atoms with Crippen LogP contribution < -0.4 is 11.5 Å². The number of sulfone groups is 1. The van der Waals surface area contributed by atoms with Crippen molar-refractivity contribution in [2.24, 2.45) is 11.5 Å². The molecule has 1 saturated carbocycles. The van der Waals surface area contributed by atoms with Crippen molar-refractivity contribution in [3.8, 4) is 0 Å². The summed E-state index contributed by atoms with van der Waals surface area (Å²) in [6.07, 6.45) is 0.945. The van der Waals surface area contributed by atoms with E-state index in [2.05, 4.69) is 6.92 Å². The number of benzene rings is 2. The standard InChI is InChI=1S/C19H24N2O2S/c1-3-14-6-8-15(9-7-14)17-18(19(17,21)12-20)24(22,23)16-10-4-13(2)5-11-16/h4-11,17-18H,3,12,20-21H2,1-2H3/t17-,18-,19+/m1/s1. The first-order valence-corrected chi connectivity index (χ1v) is 9.77. The second kappa shape index (κ2) is 5.99. The molecule has 0 heterocycles. The van der Waals surface area contributed by atoms with Crippen molar-refractivity contribution in [1.82, 2.24) is 0 Å². The lowest BCUT2D eigenvalue weighted by Crippen LogP contribution is -2.39. The van der Waals surface area contributed by atoms with E-state index in [9.17, 15) is 8.42 Å². The molecule has 0 amide bonds. The SMILES string of the molecule is CCc1ccc([C@@H]2[C@@H](S(=O)(=O)c3ccc(C)cc3)[C@]2(N)CN)cc1.